The maximum Gasteiger partial charge on any atom is 0.330 e. The Labute approximate surface area is 584 Å². The molecular formula is C66H75Cl2N9O24. The van der Waals surface area contributed by atoms with E-state index in [1.54, 1.807) is 0 Å². The smallest absolute Gasteiger partial charge is 0.330 e. The minimum Gasteiger partial charge on any atom is -0.508 e. The number of nitrogens with one attached hydrogen (secondary N) is 7. The lowest BCUT2D eigenvalue weighted by molar-refractivity contribution is -0.333. The van der Waals surface area contributed by atoms with Crippen molar-refractivity contribution in [1.82, 2.24) is 37.2 Å². The van der Waals surface area contributed by atoms with Gasteiger partial charge in [0.15, 0.2) is 29.9 Å². The molecule has 11 bridgehead atoms. The van der Waals surface area contributed by atoms with E-state index in [0.717, 1.165) is 66.7 Å². The Hall–Kier alpha value is -9.20. The van der Waals surface area contributed by atoms with Crippen molar-refractivity contribution < 1.29 is 118 Å². The number of hydrogen-bond acceptors (Lipinski definition) is 25. The number of carbonyl (C=O) groups excluding carboxylic acids is 7. The summed E-state index contributed by atoms with van der Waals surface area (Å²) in [4.78, 5) is 117. The largest absolute Gasteiger partial charge is 0.508 e. The molecule has 21 N–H and O–H groups in total. The molecule has 0 radical (unpaired) electrons. The van der Waals surface area contributed by atoms with Gasteiger partial charge >= 0.3 is 5.97 Å². The first kappa shape index (κ1) is 74.5. The lowest BCUT2D eigenvalue weighted by Crippen LogP contribution is -2.64. The number of likely N-dealkylation sites (N-methyl/N-ethyl adjacent to an activating group) is 1. The fourth-order valence-electron chi connectivity index (χ4n) is 12.5. The molecule has 7 amide bonds. The second-order valence-corrected chi connectivity index (χ2v) is 26.5. The van der Waals surface area contributed by atoms with E-state index in [2.05, 4.69) is 37.2 Å². The fourth-order valence-corrected chi connectivity index (χ4v) is 12.9. The van der Waals surface area contributed by atoms with E-state index in [1.807, 2.05) is 13.8 Å². The number of amides is 7. The van der Waals surface area contributed by atoms with E-state index in [-0.39, 0.29) is 46.2 Å². The number of aliphatic carboxylic acids is 1. The number of phenols is 3. The minimum atomic E-state index is -2.35. The zero-order valence-electron chi connectivity index (χ0n) is 54.3. The van der Waals surface area contributed by atoms with Gasteiger partial charge < -0.3 is 128 Å². The lowest BCUT2D eigenvalue weighted by Gasteiger charge is -2.47. The number of primary amides is 1. The summed E-state index contributed by atoms with van der Waals surface area (Å²) in [5.74, 6) is -16.0. The maximum absolute atomic E-state index is 16.0. The van der Waals surface area contributed by atoms with Crippen molar-refractivity contribution in [2.45, 2.75) is 156 Å². The van der Waals surface area contributed by atoms with E-state index in [9.17, 15) is 75.0 Å². The molecule has 2 fully saturated rings. The third-order valence-electron chi connectivity index (χ3n) is 17.8. The molecule has 2 saturated heterocycles. The number of benzene rings is 5. The molecular weight excluding hydrogens is 1370 g/mol. The van der Waals surface area contributed by atoms with Gasteiger partial charge in [-0.3, -0.25) is 33.6 Å². The van der Waals surface area contributed by atoms with Crippen molar-refractivity contribution in [1.29, 1.82) is 0 Å². The van der Waals surface area contributed by atoms with Crippen LogP contribution in [0.3, 0.4) is 0 Å². The number of aliphatic hydroxyl groups excluding tert-OH is 6. The monoisotopic (exact) mass is 1450 g/mol. The Bertz CT molecular complexity index is 4070. The van der Waals surface area contributed by atoms with Gasteiger partial charge in [-0.05, 0) is 110 Å². The number of carboxylic acid groups (broad SMARTS) is 1. The fraction of sp³-hybridized carbons (Fsp3) is 0.424. The summed E-state index contributed by atoms with van der Waals surface area (Å²) in [5, 5.41) is 131. The molecule has 5 aromatic rings. The molecule has 33 nitrogen and oxygen atoms in total. The summed E-state index contributed by atoms with van der Waals surface area (Å²) in [7, 11) is 1.47. The molecule has 5 aromatic carbocycles. The van der Waals surface area contributed by atoms with Crippen LogP contribution in [0.25, 0.3) is 11.1 Å². The Morgan fingerprint density at radius 1 is 0.713 bits per heavy atom. The number of ether oxygens (including phenoxy) is 6. The molecule has 542 valence electrons. The van der Waals surface area contributed by atoms with Crippen LogP contribution in [0.4, 0.5) is 0 Å². The predicted octanol–water partition coefficient (Wildman–Crippen LogP) is 0.106. The molecule has 0 saturated carbocycles. The SMILES string of the molecule is CN[C@@H](CC(C)C)C(=O)N[C@@H]1C(=O)N[C@H](CC(N)=O)C(=O)N[C@H]2C(=O)N[C@@H]3C(=O)N[C@@H](C(=O)N[C@H](C(=O)O)c4cc(O)cc(O)c4-c4cc3ccc4O)[C@@H](O)c3ccc(c(Cl)c3)Oc3cc2cc(c3O[C@H]2O[C@@H](CO)[C@@H](O)[C@@H](O)[C@@H]2O[C@@H]2C[C@@](C)(N)[C@H](O)[C@@H](C)O2)Oc2ccc(cc2Cl)[C@@H]1O. The topological polar surface area (TPSA) is 530 Å². The van der Waals surface area contributed by atoms with Crippen LogP contribution in [0.1, 0.15) is 105 Å². The molecule has 18 atom stereocenters. The van der Waals surface area contributed by atoms with E-state index >= 15 is 14.4 Å². The highest BCUT2D eigenvalue weighted by Crippen LogP contribution is 2.50. The van der Waals surface area contributed by atoms with Gasteiger partial charge in [-0.1, -0.05) is 55.2 Å². The van der Waals surface area contributed by atoms with Gasteiger partial charge in [0.25, 0.3) is 0 Å². The molecule has 12 rings (SSSR count). The number of carboxylic acids is 1. The third kappa shape index (κ3) is 15.8. The molecule has 0 aromatic heterocycles. The standard InChI is InChI=1S/C66H75Cl2N9O24/c1-23(2)12-34(71-5)58(88)76-49-51(83)26-7-10-38(32(67)14-26)97-40-16-28-17-41(55(40)101-65-56(54(86)53(85)42(22-78)99-65)100-44-21-66(4,70)57(87)24(3)96-44)98-39-11-8-27(15-33(39)68)52(84)50-63(93)75-48(64(94)95)31-18-29(79)19-37(81)45(31)30-13-25(6-9-36(30)80)46(60(90)77-50)74-61(91)47(28)73-59(89)35(20-43(69)82)72-62(49)92/h6-11,13-19,23-24,34-35,42,44,46-54,56-57,65,71,78-81,83-87H,12,20-22,70H2,1-5H3,(H2,69,82)(H,72,92)(H,73,89)(H,74,91)(H,75,93)(H,76,88)(H,77,90)(H,94,95)/t24-,34+,35-,42+,44-,46+,47-,48+,49+,50-,51+,52+,53-,54-,56+,57-,65-,66-/m1/s1. The normalized spacial score (nSPS) is 29.4. The first-order valence-electron chi connectivity index (χ1n) is 31.6. The van der Waals surface area contributed by atoms with Gasteiger partial charge in [0.2, 0.25) is 53.4 Å². The zero-order valence-corrected chi connectivity index (χ0v) is 55.8. The van der Waals surface area contributed by atoms with Crippen LogP contribution in [0.2, 0.25) is 10.0 Å². The number of carbonyl (C=O) groups is 8. The number of nitrogens with two attached hydrogens (primary N) is 2. The molecule has 0 spiro atoms. The Morgan fingerprint density at radius 3 is 1.90 bits per heavy atom. The third-order valence-corrected chi connectivity index (χ3v) is 18.4. The number of aromatic hydroxyl groups is 3. The van der Waals surface area contributed by atoms with Crippen LogP contribution < -0.4 is 62.9 Å². The van der Waals surface area contributed by atoms with Crippen LogP contribution >= 0.6 is 23.2 Å². The van der Waals surface area contributed by atoms with E-state index < -0.39 is 237 Å². The average molecular weight is 1450 g/mol. The Kier molecular flexibility index (Phi) is 22.2. The van der Waals surface area contributed by atoms with Gasteiger partial charge in [0.1, 0.15) is 89.5 Å². The zero-order chi connectivity index (χ0) is 73.5. The van der Waals surface area contributed by atoms with E-state index in [1.165, 1.54) is 33.0 Å². The summed E-state index contributed by atoms with van der Waals surface area (Å²) in [6.45, 7) is 5.66. The first-order valence-corrected chi connectivity index (χ1v) is 32.4. The molecule has 7 aliphatic heterocycles. The van der Waals surface area contributed by atoms with E-state index in [0.29, 0.717) is 0 Å². The van der Waals surface area contributed by atoms with Gasteiger partial charge in [0, 0.05) is 34.7 Å². The summed E-state index contributed by atoms with van der Waals surface area (Å²) < 4.78 is 38.3. The second-order valence-electron chi connectivity index (χ2n) is 25.7. The van der Waals surface area contributed by atoms with Crippen molar-refractivity contribution in [3.63, 3.8) is 0 Å². The van der Waals surface area contributed by atoms with Crippen molar-refractivity contribution >= 4 is 70.5 Å². The lowest BCUT2D eigenvalue weighted by atomic mass is 9.86. The van der Waals surface area contributed by atoms with Crippen LogP contribution in [0.15, 0.2) is 78.9 Å². The van der Waals surface area contributed by atoms with Crippen LogP contribution in [-0.2, 0) is 52.6 Å². The summed E-state index contributed by atoms with van der Waals surface area (Å²) in [6.07, 6.45) is -18.6. The number of phenolic OH excluding ortho intramolecular Hbond substituents is 3. The Morgan fingerprint density at radius 2 is 1.32 bits per heavy atom. The van der Waals surface area contributed by atoms with Gasteiger partial charge in [0.05, 0.1) is 41.3 Å². The van der Waals surface area contributed by atoms with Crippen molar-refractivity contribution in [3.05, 3.63) is 117 Å². The molecule has 0 aliphatic carbocycles. The number of hydrogen-bond donors (Lipinski definition) is 19. The van der Waals surface area contributed by atoms with Gasteiger partial charge in [-0.25, -0.2) is 4.79 Å². The quantitative estimate of drug-likeness (QED) is 0.0743. The predicted molar refractivity (Wildman–Crippen MR) is 349 cm³/mol. The molecule has 35 heteroatoms. The second kappa shape index (κ2) is 30.2. The average Bonchev–Trinajstić information content (AvgIpc) is 0.775. The molecule has 101 heavy (non-hydrogen) atoms. The highest BCUT2D eigenvalue weighted by molar-refractivity contribution is 6.32. The van der Waals surface area contributed by atoms with Crippen LogP contribution in [-0.4, -0.2) is 191 Å². The number of fused-ring (bicyclic) bond motifs is 15. The Balaban J connectivity index is 1.24. The molecule has 7 aliphatic rings. The highest BCUT2D eigenvalue weighted by atomic mass is 35.5. The van der Waals surface area contributed by atoms with E-state index in [4.69, 9.17) is 63.1 Å². The summed E-state index contributed by atoms with van der Waals surface area (Å²) in [6, 6.07) is -0.679. The number of rotatable bonds is 13. The van der Waals surface area contributed by atoms with Gasteiger partial charge in [-0.2, -0.15) is 0 Å². The molecule has 7 heterocycles. The van der Waals surface area contributed by atoms with Crippen LogP contribution in [0, 0.1) is 5.92 Å². The minimum absolute atomic E-state index is 0.0975. The maximum atomic E-state index is 16.0. The summed E-state index contributed by atoms with van der Waals surface area (Å²) in [5.41, 5.74) is 8.00. The van der Waals surface area contributed by atoms with Crippen molar-refractivity contribution in [2.75, 3.05) is 13.7 Å². The summed E-state index contributed by atoms with van der Waals surface area (Å²) >= 11 is 14.1. The van der Waals surface area contributed by atoms with Crippen molar-refractivity contribution in [3.8, 4) is 57.1 Å². The first-order chi connectivity index (χ1) is 47.7. The van der Waals surface area contributed by atoms with Crippen LogP contribution in [0.5, 0.6) is 46.0 Å². The van der Waals surface area contributed by atoms with Gasteiger partial charge in [-0.15, -0.1) is 0 Å². The molecule has 0 unspecified atom stereocenters. The van der Waals surface area contributed by atoms with Crippen molar-refractivity contribution in [2.24, 2.45) is 17.4 Å². The number of halogens is 2. The number of aliphatic hydroxyl groups is 6. The highest BCUT2D eigenvalue weighted by Gasteiger charge is 2.51.